The molecule has 0 aromatic heterocycles. The molecule has 0 aliphatic carbocycles. The summed E-state index contributed by atoms with van der Waals surface area (Å²) in [6.07, 6.45) is -6.55. The average molecular weight is 196 g/mol. The van der Waals surface area contributed by atoms with Gasteiger partial charge in [0.25, 0.3) is 0 Å². The minimum Gasteiger partial charge on any atom is -0.479 e. The van der Waals surface area contributed by atoms with Crippen molar-refractivity contribution in [2.45, 2.75) is 31.0 Å². The van der Waals surface area contributed by atoms with Crippen LogP contribution in [0.3, 0.4) is 0 Å². The first kappa shape index (κ1) is 12.3. The van der Waals surface area contributed by atoms with Gasteiger partial charge in [-0.25, -0.2) is 4.79 Å². The highest BCUT2D eigenvalue weighted by molar-refractivity contribution is 5.72. The Morgan fingerprint density at radius 3 is 1.85 bits per heavy atom. The second-order valence-electron chi connectivity index (χ2n) is 2.69. The van der Waals surface area contributed by atoms with E-state index in [-0.39, 0.29) is 0 Å². The largest absolute Gasteiger partial charge is 0.479 e. The van der Waals surface area contributed by atoms with Gasteiger partial charge in [-0.15, -0.1) is 0 Å². The van der Waals surface area contributed by atoms with Crippen molar-refractivity contribution in [3.63, 3.8) is 0 Å². The van der Waals surface area contributed by atoms with Gasteiger partial charge in [-0.3, -0.25) is 0 Å². The summed E-state index contributed by atoms with van der Waals surface area (Å²) < 4.78 is 0. The molecule has 0 bridgehead atoms. The SMILES string of the molecule is CC(O)C(O)(O)C(O)C(O)C(=O)O. The van der Waals surface area contributed by atoms with Crippen molar-refractivity contribution in [3.8, 4) is 0 Å². The van der Waals surface area contributed by atoms with E-state index in [1.165, 1.54) is 0 Å². The molecule has 13 heavy (non-hydrogen) atoms. The molecule has 0 saturated carbocycles. The molecule has 0 aliphatic rings. The van der Waals surface area contributed by atoms with Crippen molar-refractivity contribution in [2.24, 2.45) is 0 Å². The number of aliphatic hydroxyl groups excluding tert-OH is 3. The maximum Gasteiger partial charge on any atom is 0.335 e. The molecule has 0 aliphatic heterocycles. The predicted octanol–water partition coefficient (Wildman–Crippen LogP) is -3.15. The average Bonchev–Trinajstić information content (AvgIpc) is 2.01. The van der Waals surface area contributed by atoms with Crippen molar-refractivity contribution >= 4 is 5.97 Å². The second-order valence-corrected chi connectivity index (χ2v) is 2.69. The van der Waals surface area contributed by atoms with Gasteiger partial charge in [0, 0.05) is 0 Å². The summed E-state index contributed by atoms with van der Waals surface area (Å²) in [6.45, 7) is 0.928. The molecule has 7 nitrogen and oxygen atoms in total. The number of aliphatic carboxylic acids is 1. The van der Waals surface area contributed by atoms with Crippen molar-refractivity contribution in [3.05, 3.63) is 0 Å². The third-order valence-corrected chi connectivity index (χ3v) is 1.60. The first-order chi connectivity index (χ1) is 5.71. The summed E-state index contributed by atoms with van der Waals surface area (Å²) in [6, 6.07) is 0. The number of carboxylic acids is 1. The summed E-state index contributed by atoms with van der Waals surface area (Å²) in [7, 11) is 0. The van der Waals surface area contributed by atoms with Gasteiger partial charge < -0.3 is 30.6 Å². The van der Waals surface area contributed by atoms with Gasteiger partial charge >= 0.3 is 5.97 Å². The highest BCUT2D eigenvalue weighted by Gasteiger charge is 2.45. The van der Waals surface area contributed by atoms with Gasteiger partial charge in [-0.2, -0.15) is 0 Å². The summed E-state index contributed by atoms with van der Waals surface area (Å²) in [5, 5.41) is 52.3. The van der Waals surface area contributed by atoms with Crippen LogP contribution >= 0.6 is 0 Å². The lowest BCUT2D eigenvalue weighted by Gasteiger charge is -2.31. The van der Waals surface area contributed by atoms with E-state index in [4.69, 9.17) is 30.6 Å². The molecule has 0 amide bonds. The molecule has 78 valence electrons. The van der Waals surface area contributed by atoms with Gasteiger partial charge in [0.15, 0.2) is 6.10 Å². The summed E-state index contributed by atoms with van der Waals surface area (Å²) >= 11 is 0. The van der Waals surface area contributed by atoms with E-state index in [1.54, 1.807) is 0 Å². The van der Waals surface area contributed by atoms with Crippen LogP contribution < -0.4 is 0 Å². The van der Waals surface area contributed by atoms with Crippen molar-refractivity contribution in [1.29, 1.82) is 0 Å². The molecular weight excluding hydrogens is 184 g/mol. The highest BCUT2D eigenvalue weighted by atomic mass is 16.5. The fourth-order valence-corrected chi connectivity index (χ4v) is 0.615. The maximum atomic E-state index is 10.1. The van der Waals surface area contributed by atoms with Crippen LogP contribution in [0.25, 0.3) is 0 Å². The van der Waals surface area contributed by atoms with E-state index in [0.717, 1.165) is 6.92 Å². The van der Waals surface area contributed by atoms with Crippen LogP contribution in [-0.4, -0.2) is 60.7 Å². The topological polar surface area (TPSA) is 138 Å². The number of carbonyl (C=O) groups is 1. The van der Waals surface area contributed by atoms with E-state index < -0.39 is 30.1 Å². The molecule has 6 N–H and O–H groups in total. The van der Waals surface area contributed by atoms with E-state index in [2.05, 4.69) is 0 Å². The van der Waals surface area contributed by atoms with Gasteiger partial charge in [0.2, 0.25) is 5.79 Å². The lowest BCUT2D eigenvalue weighted by atomic mass is 10.00. The van der Waals surface area contributed by atoms with E-state index in [0.29, 0.717) is 0 Å². The minimum atomic E-state index is -3.06. The summed E-state index contributed by atoms with van der Waals surface area (Å²) in [4.78, 5) is 10.1. The minimum absolute atomic E-state index is 0.928. The van der Waals surface area contributed by atoms with Gasteiger partial charge in [0.05, 0.1) is 0 Å². The number of carboxylic acid groups (broad SMARTS) is 1. The zero-order chi connectivity index (χ0) is 10.8. The number of hydrogen-bond donors (Lipinski definition) is 6. The van der Waals surface area contributed by atoms with E-state index >= 15 is 0 Å². The molecule has 0 heterocycles. The molecule has 0 radical (unpaired) electrons. The van der Waals surface area contributed by atoms with Crippen LogP contribution in [0.2, 0.25) is 0 Å². The third kappa shape index (κ3) is 2.61. The van der Waals surface area contributed by atoms with Crippen LogP contribution in [0, 0.1) is 0 Å². The molecule has 7 heteroatoms. The number of hydrogen-bond acceptors (Lipinski definition) is 6. The number of aliphatic hydroxyl groups is 5. The van der Waals surface area contributed by atoms with Gasteiger partial charge in [-0.1, -0.05) is 0 Å². The zero-order valence-corrected chi connectivity index (χ0v) is 6.82. The Morgan fingerprint density at radius 2 is 1.62 bits per heavy atom. The molecule has 0 saturated heterocycles. The van der Waals surface area contributed by atoms with E-state index in [1.807, 2.05) is 0 Å². The second kappa shape index (κ2) is 3.99. The fraction of sp³-hybridized carbons (Fsp3) is 0.833. The van der Waals surface area contributed by atoms with Crippen molar-refractivity contribution in [1.82, 2.24) is 0 Å². The van der Waals surface area contributed by atoms with Crippen molar-refractivity contribution in [2.75, 3.05) is 0 Å². The van der Waals surface area contributed by atoms with Gasteiger partial charge in [0.1, 0.15) is 12.2 Å². The normalized spacial score (nSPS) is 19.2. The first-order valence-corrected chi connectivity index (χ1v) is 3.43. The lowest BCUT2D eigenvalue weighted by Crippen LogP contribution is -2.57. The Morgan fingerprint density at radius 1 is 1.23 bits per heavy atom. The lowest BCUT2D eigenvalue weighted by molar-refractivity contribution is -0.286. The smallest absolute Gasteiger partial charge is 0.335 e. The van der Waals surface area contributed by atoms with Crippen molar-refractivity contribution < 1.29 is 35.4 Å². The predicted molar refractivity (Wildman–Crippen MR) is 38.5 cm³/mol. The molecule has 0 fully saturated rings. The highest BCUT2D eigenvalue weighted by Crippen LogP contribution is 2.15. The van der Waals surface area contributed by atoms with Crippen LogP contribution in [0.5, 0.6) is 0 Å². The number of rotatable bonds is 4. The molecule has 0 aromatic carbocycles. The molecule has 3 atom stereocenters. The molecule has 0 aromatic rings. The quantitative estimate of drug-likeness (QED) is 0.261. The van der Waals surface area contributed by atoms with Crippen LogP contribution in [0.1, 0.15) is 6.92 Å². The Bertz CT molecular complexity index is 187. The molecule has 3 unspecified atom stereocenters. The van der Waals surface area contributed by atoms with Gasteiger partial charge in [-0.05, 0) is 6.92 Å². The Labute approximate surface area is 73.5 Å². The monoisotopic (exact) mass is 196 g/mol. The zero-order valence-electron chi connectivity index (χ0n) is 6.82. The summed E-state index contributed by atoms with van der Waals surface area (Å²) in [5.41, 5.74) is 0. The molecular formula is C6H12O7. The van der Waals surface area contributed by atoms with Crippen LogP contribution in [0.4, 0.5) is 0 Å². The Hall–Kier alpha value is -0.730. The third-order valence-electron chi connectivity index (χ3n) is 1.60. The molecule has 0 rings (SSSR count). The molecule has 0 spiro atoms. The maximum absolute atomic E-state index is 10.1. The Kier molecular flexibility index (Phi) is 3.76. The van der Waals surface area contributed by atoms with Crippen LogP contribution in [-0.2, 0) is 4.79 Å². The van der Waals surface area contributed by atoms with E-state index in [9.17, 15) is 4.79 Å². The Balaban J connectivity index is 4.58. The summed E-state index contributed by atoms with van der Waals surface area (Å²) in [5.74, 6) is -4.88. The first-order valence-electron chi connectivity index (χ1n) is 3.43. The standard InChI is InChI=1S/C6H12O7/c1-2(7)6(12,13)4(9)3(8)5(10)11/h2-4,7-9,12-13H,1H3,(H,10,11). The van der Waals surface area contributed by atoms with Crippen LogP contribution in [0.15, 0.2) is 0 Å². The fourth-order valence-electron chi connectivity index (χ4n) is 0.615.